The summed E-state index contributed by atoms with van der Waals surface area (Å²) >= 11 is 6.80. The summed E-state index contributed by atoms with van der Waals surface area (Å²) in [5.74, 6) is 0.445. The molecule has 8 nitrogen and oxygen atoms in total. The second kappa shape index (κ2) is 9.76. The maximum Gasteiger partial charge on any atom is 0.294 e. The number of amides is 3. The molecule has 1 aliphatic rings. The lowest BCUT2D eigenvalue weighted by Gasteiger charge is -2.13. The van der Waals surface area contributed by atoms with Crippen LogP contribution < -0.4 is 19.5 Å². The number of imide groups is 1. The molecule has 162 valence electrons. The Balaban J connectivity index is 1.74. The first-order valence-electron chi connectivity index (χ1n) is 8.97. The Kier molecular flexibility index (Phi) is 7.09. The fourth-order valence-electron chi connectivity index (χ4n) is 2.82. The Morgan fingerprint density at radius 2 is 1.77 bits per heavy atom. The minimum absolute atomic E-state index is 0.178. The highest BCUT2D eigenvalue weighted by Crippen LogP contribution is 2.35. The number of thioether (sulfide) groups is 1. The third-order valence-corrected chi connectivity index (χ3v) is 5.54. The summed E-state index contributed by atoms with van der Waals surface area (Å²) in [6.07, 6.45) is 1.54. The summed E-state index contributed by atoms with van der Waals surface area (Å²) < 4.78 is 15.6. The van der Waals surface area contributed by atoms with Gasteiger partial charge in [0.2, 0.25) is 5.91 Å². The molecular formula is C21H19ClN2O6S. The van der Waals surface area contributed by atoms with Gasteiger partial charge in [0, 0.05) is 11.3 Å². The molecule has 0 saturated carbocycles. The molecule has 0 bridgehead atoms. The number of carbonyl (C=O) groups excluding carboxylic acids is 3. The molecule has 0 aliphatic carbocycles. The van der Waals surface area contributed by atoms with Crippen LogP contribution in [-0.2, 0) is 9.59 Å². The first-order valence-corrected chi connectivity index (χ1v) is 10.2. The van der Waals surface area contributed by atoms with Crippen molar-refractivity contribution in [1.82, 2.24) is 4.90 Å². The van der Waals surface area contributed by atoms with Gasteiger partial charge in [0.05, 0.1) is 31.3 Å². The van der Waals surface area contributed by atoms with Crippen LogP contribution in [-0.4, -0.2) is 49.8 Å². The van der Waals surface area contributed by atoms with Crippen molar-refractivity contribution in [2.45, 2.75) is 0 Å². The minimum atomic E-state index is -0.567. The molecule has 0 atom stereocenters. The Labute approximate surface area is 188 Å². The average Bonchev–Trinajstić information content (AvgIpc) is 3.01. The molecule has 0 aromatic heterocycles. The second-order valence-electron chi connectivity index (χ2n) is 6.27. The maximum atomic E-state index is 12.7. The van der Waals surface area contributed by atoms with E-state index in [0.29, 0.717) is 33.5 Å². The molecule has 1 aliphatic heterocycles. The van der Waals surface area contributed by atoms with Crippen LogP contribution in [0.15, 0.2) is 41.3 Å². The van der Waals surface area contributed by atoms with Gasteiger partial charge in [-0.05, 0) is 54.2 Å². The molecule has 1 fully saturated rings. The normalized spacial score (nSPS) is 14.7. The van der Waals surface area contributed by atoms with Crippen LogP contribution in [0.2, 0.25) is 5.02 Å². The minimum Gasteiger partial charge on any atom is -0.497 e. The zero-order chi connectivity index (χ0) is 22.5. The summed E-state index contributed by atoms with van der Waals surface area (Å²) in [6, 6.07) is 9.82. The van der Waals surface area contributed by atoms with Crippen LogP contribution in [0.3, 0.4) is 0 Å². The second-order valence-corrected chi connectivity index (χ2v) is 7.67. The Morgan fingerprint density at radius 3 is 2.42 bits per heavy atom. The third-order valence-electron chi connectivity index (χ3n) is 4.33. The Morgan fingerprint density at radius 1 is 1.06 bits per heavy atom. The molecule has 2 aromatic carbocycles. The predicted octanol–water partition coefficient (Wildman–Crippen LogP) is 4.04. The van der Waals surface area contributed by atoms with Crippen LogP contribution in [0.1, 0.15) is 5.56 Å². The van der Waals surface area contributed by atoms with Crippen molar-refractivity contribution in [3.8, 4) is 17.2 Å². The van der Waals surface area contributed by atoms with Gasteiger partial charge >= 0.3 is 0 Å². The Bertz CT molecular complexity index is 1070. The van der Waals surface area contributed by atoms with Crippen molar-refractivity contribution < 1.29 is 28.6 Å². The van der Waals surface area contributed by atoms with E-state index >= 15 is 0 Å². The van der Waals surface area contributed by atoms with E-state index in [2.05, 4.69) is 5.32 Å². The zero-order valence-electron chi connectivity index (χ0n) is 16.9. The molecule has 3 rings (SSSR count). The molecule has 2 aromatic rings. The van der Waals surface area contributed by atoms with Gasteiger partial charge in [-0.2, -0.15) is 0 Å². The van der Waals surface area contributed by atoms with Crippen molar-refractivity contribution in [2.24, 2.45) is 0 Å². The van der Waals surface area contributed by atoms with Gasteiger partial charge in [0.25, 0.3) is 11.1 Å². The van der Waals surface area contributed by atoms with E-state index in [1.165, 1.54) is 33.5 Å². The number of anilines is 1. The molecule has 0 unspecified atom stereocenters. The number of methoxy groups -OCH3 is 3. The summed E-state index contributed by atoms with van der Waals surface area (Å²) in [7, 11) is 4.50. The van der Waals surface area contributed by atoms with Crippen LogP contribution in [0.25, 0.3) is 6.08 Å². The largest absolute Gasteiger partial charge is 0.497 e. The number of carbonyl (C=O) groups is 3. The number of hydrogen-bond acceptors (Lipinski definition) is 7. The lowest BCUT2D eigenvalue weighted by Crippen LogP contribution is -2.36. The van der Waals surface area contributed by atoms with E-state index < -0.39 is 23.6 Å². The van der Waals surface area contributed by atoms with Crippen LogP contribution in [0, 0.1) is 0 Å². The van der Waals surface area contributed by atoms with Crippen molar-refractivity contribution in [3.63, 3.8) is 0 Å². The van der Waals surface area contributed by atoms with E-state index in [0.717, 1.165) is 16.7 Å². The van der Waals surface area contributed by atoms with Crippen molar-refractivity contribution in [1.29, 1.82) is 0 Å². The molecular weight excluding hydrogens is 444 g/mol. The van der Waals surface area contributed by atoms with E-state index in [1.54, 1.807) is 30.3 Å². The van der Waals surface area contributed by atoms with Gasteiger partial charge in [0.15, 0.2) is 0 Å². The van der Waals surface area contributed by atoms with E-state index in [-0.39, 0.29) is 4.91 Å². The van der Waals surface area contributed by atoms with Crippen molar-refractivity contribution in [2.75, 3.05) is 33.2 Å². The molecule has 10 heteroatoms. The molecule has 1 saturated heterocycles. The summed E-state index contributed by atoms with van der Waals surface area (Å²) in [5, 5.41) is 2.39. The first-order chi connectivity index (χ1) is 14.9. The van der Waals surface area contributed by atoms with Gasteiger partial charge in [-0.1, -0.05) is 11.6 Å². The summed E-state index contributed by atoms with van der Waals surface area (Å²) in [5.41, 5.74) is 0.990. The fraction of sp³-hybridized carbons (Fsp3) is 0.190. The maximum absolute atomic E-state index is 12.7. The molecule has 0 radical (unpaired) electrons. The lowest BCUT2D eigenvalue weighted by atomic mass is 10.1. The quantitative estimate of drug-likeness (QED) is 0.620. The summed E-state index contributed by atoms with van der Waals surface area (Å²) in [6.45, 7) is -0.430. The molecule has 31 heavy (non-hydrogen) atoms. The van der Waals surface area contributed by atoms with Gasteiger partial charge in [0.1, 0.15) is 23.8 Å². The highest BCUT2D eigenvalue weighted by Gasteiger charge is 2.36. The number of benzene rings is 2. The third kappa shape index (κ3) is 5.12. The first kappa shape index (κ1) is 22.5. The average molecular weight is 463 g/mol. The number of nitrogens with one attached hydrogen (secondary N) is 1. The molecule has 3 amide bonds. The van der Waals surface area contributed by atoms with Crippen LogP contribution in [0.5, 0.6) is 17.2 Å². The van der Waals surface area contributed by atoms with Crippen LogP contribution in [0.4, 0.5) is 10.5 Å². The monoisotopic (exact) mass is 462 g/mol. The number of hydrogen-bond donors (Lipinski definition) is 1. The van der Waals surface area contributed by atoms with Gasteiger partial charge in [-0.3, -0.25) is 19.3 Å². The van der Waals surface area contributed by atoms with E-state index in [9.17, 15) is 14.4 Å². The molecule has 0 spiro atoms. The van der Waals surface area contributed by atoms with Gasteiger partial charge in [-0.25, -0.2) is 0 Å². The molecule has 1 N–H and O–H groups in total. The van der Waals surface area contributed by atoms with Crippen molar-refractivity contribution in [3.05, 3.63) is 51.9 Å². The highest BCUT2D eigenvalue weighted by atomic mass is 35.5. The van der Waals surface area contributed by atoms with E-state index in [1.807, 2.05) is 0 Å². The molecule has 1 heterocycles. The smallest absolute Gasteiger partial charge is 0.294 e. The van der Waals surface area contributed by atoms with Gasteiger partial charge in [-0.15, -0.1) is 0 Å². The number of ether oxygens (including phenoxy) is 3. The Hall–Kier alpha value is -3.17. The number of rotatable bonds is 7. The SMILES string of the molecule is COc1ccc(OC)c(C=C2SC(=O)N(CC(=O)Nc3ccc(OC)c(Cl)c3)C2=O)c1. The fourth-order valence-corrected chi connectivity index (χ4v) is 3.90. The standard InChI is InChI=1S/C21H19ClN2O6S/c1-28-14-5-7-16(29-2)12(8-14)9-18-20(26)24(21(27)31-18)11-19(25)23-13-4-6-17(30-3)15(22)10-13/h4-10H,11H2,1-3H3,(H,23,25). The lowest BCUT2D eigenvalue weighted by molar-refractivity contribution is -0.127. The van der Waals surface area contributed by atoms with Crippen LogP contribution >= 0.6 is 23.4 Å². The number of nitrogens with zero attached hydrogens (tertiary/aromatic N) is 1. The number of halogens is 1. The zero-order valence-corrected chi connectivity index (χ0v) is 18.5. The highest BCUT2D eigenvalue weighted by molar-refractivity contribution is 8.18. The van der Waals surface area contributed by atoms with Crippen molar-refractivity contribution >= 4 is 52.2 Å². The van der Waals surface area contributed by atoms with E-state index in [4.69, 9.17) is 25.8 Å². The van der Waals surface area contributed by atoms with Gasteiger partial charge < -0.3 is 19.5 Å². The predicted molar refractivity (Wildman–Crippen MR) is 119 cm³/mol. The summed E-state index contributed by atoms with van der Waals surface area (Å²) in [4.78, 5) is 38.5. The topological polar surface area (TPSA) is 94.2 Å².